The first-order valence-corrected chi connectivity index (χ1v) is 12.2. The van der Waals surface area contributed by atoms with Gasteiger partial charge in [-0.2, -0.15) is 0 Å². The van der Waals surface area contributed by atoms with Gasteiger partial charge in [0.2, 0.25) is 0 Å². The normalized spacial score (nSPS) is 11.6. The molecule has 2 aromatic carbocycles. The molecule has 0 aliphatic carbocycles. The van der Waals surface area contributed by atoms with Crippen molar-refractivity contribution < 1.29 is 28.5 Å². The van der Waals surface area contributed by atoms with Crippen LogP contribution in [0.25, 0.3) is 11.4 Å². The molecule has 0 saturated heterocycles. The van der Waals surface area contributed by atoms with E-state index in [1.54, 1.807) is 12.4 Å². The summed E-state index contributed by atoms with van der Waals surface area (Å²) in [6.07, 6.45) is 2.69. The number of ether oxygens (including phenoxy) is 4. The van der Waals surface area contributed by atoms with E-state index in [-0.39, 0.29) is 44.4 Å². The molecule has 1 amide bonds. The van der Waals surface area contributed by atoms with Gasteiger partial charge in [0.25, 0.3) is 0 Å². The second-order valence-corrected chi connectivity index (χ2v) is 8.77. The molecule has 0 fully saturated rings. The Morgan fingerprint density at radius 2 is 1.59 bits per heavy atom. The first-order chi connectivity index (χ1) is 17.9. The van der Waals surface area contributed by atoms with Gasteiger partial charge in [0.15, 0.2) is 11.6 Å². The molecule has 0 bridgehead atoms. The molecule has 1 aromatic heterocycles. The molecule has 3 rings (SSSR count). The Morgan fingerprint density at radius 3 is 2.27 bits per heavy atom. The van der Waals surface area contributed by atoms with Crippen LogP contribution in [0.5, 0.6) is 5.75 Å². The summed E-state index contributed by atoms with van der Waals surface area (Å²) in [7, 11) is 0. The van der Waals surface area contributed by atoms with Crippen LogP contribution in [0.15, 0.2) is 67.0 Å². The van der Waals surface area contributed by atoms with E-state index in [0.29, 0.717) is 18.2 Å². The van der Waals surface area contributed by atoms with Gasteiger partial charge in [-0.3, -0.25) is 0 Å². The molecule has 0 aliphatic heterocycles. The maximum atomic E-state index is 12.1. The summed E-state index contributed by atoms with van der Waals surface area (Å²) in [4.78, 5) is 32.3. The molecule has 0 unspecified atom stereocenters. The SMILES string of the molecule is CC(C)COC(=O)COCCOc1cnc(-c2ccc([C@H](C)NC(=O)OCc3ccccc3)cc2)nc1. The van der Waals surface area contributed by atoms with Gasteiger partial charge >= 0.3 is 12.1 Å². The first-order valence-electron chi connectivity index (χ1n) is 12.2. The molecule has 0 radical (unpaired) electrons. The van der Waals surface area contributed by atoms with Crippen molar-refractivity contribution in [1.82, 2.24) is 15.3 Å². The fraction of sp³-hybridized carbons (Fsp3) is 0.357. The van der Waals surface area contributed by atoms with Crippen molar-refractivity contribution in [3.05, 3.63) is 78.1 Å². The maximum absolute atomic E-state index is 12.1. The Kier molecular flexibility index (Phi) is 10.9. The lowest BCUT2D eigenvalue weighted by Gasteiger charge is -2.15. The number of carbonyl (C=O) groups excluding carboxylic acids is 2. The van der Waals surface area contributed by atoms with Crippen molar-refractivity contribution in [3.63, 3.8) is 0 Å². The number of benzene rings is 2. The number of nitrogens with zero attached hydrogens (tertiary/aromatic N) is 2. The highest BCUT2D eigenvalue weighted by atomic mass is 16.6. The molecule has 0 spiro atoms. The molecule has 0 aliphatic rings. The monoisotopic (exact) mass is 507 g/mol. The number of esters is 1. The van der Waals surface area contributed by atoms with E-state index in [4.69, 9.17) is 18.9 Å². The molecule has 1 atom stereocenters. The fourth-order valence-corrected chi connectivity index (χ4v) is 3.16. The van der Waals surface area contributed by atoms with Crippen molar-refractivity contribution in [1.29, 1.82) is 0 Å². The van der Waals surface area contributed by atoms with Crippen LogP contribution in [0.4, 0.5) is 4.79 Å². The van der Waals surface area contributed by atoms with E-state index in [1.165, 1.54) is 0 Å². The molecule has 1 heterocycles. The minimum Gasteiger partial charge on any atom is -0.488 e. The molecule has 37 heavy (non-hydrogen) atoms. The summed E-state index contributed by atoms with van der Waals surface area (Å²) in [6.45, 7) is 6.82. The number of hydrogen-bond acceptors (Lipinski definition) is 8. The standard InChI is InChI=1S/C28H33N3O6/c1-20(2)17-36-26(32)19-34-13-14-35-25-15-29-27(30-16-25)24-11-9-23(10-12-24)21(3)31-28(33)37-18-22-7-5-4-6-8-22/h4-12,15-16,20-21H,13-14,17-19H2,1-3H3,(H,31,33)/t21-/m0/s1. The molecule has 9 heteroatoms. The molecule has 1 N–H and O–H groups in total. The van der Waals surface area contributed by atoms with Crippen molar-refractivity contribution in [2.24, 2.45) is 5.92 Å². The van der Waals surface area contributed by atoms with Gasteiger partial charge in [-0.1, -0.05) is 68.4 Å². The van der Waals surface area contributed by atoms with Gasteiger partial charge in [-0.05, 0) is 24.0 Å². The van der Waals surface area contributed by atoms with E-state index >= 15 is 0 Å². The Morgan fingerprint density at radius 1 is 0.892 bits per heavy atom. The van der Waals surface area contributed by atoms with Crippen molar-refractivity contribution in [3.8, 4) is 17.1 Å². The van der Waals surface area contributed by atoms with Crippen molar-refractivity contribution in [2.75, 3.05) is 26.4 Å². The highest BCUT2D eigenvalue weighted by Crippen LogP contribution is 2.20. The van der Waals surface area contributed by atoms with Crippen LogP contribution < -0.4 is 10.1 Å². The van der Waals surface area contributed by atoms with Crippen LogP contribution in [-0.2, 0) is 25.6 Å². The highest BCUT2D eigenvalue weighted by molar-refractivity contribution is 5.70. The Labute approximate surface area is 217 Å². The lowest BCUT2D eigenvalue weighted by Crippen LogP contribution is -2.27. The molecular weight excluding hydrogens is 474 g/mol. The van der Waals surface area contributed by atoms with Gasteiger partial charge in [0.1, 0.15) is 19.8 Å². The Bertz CT molecular complexity index is 1110. The third kappa shape index (κ3) is 9.89. The molecule has 3 aromatic rings. The summed E-state index contributed by atoms with van der Waals surface area (Å²) in [5.41, 5.74) is 2.68. The lowest BCUT2D eigenvalue weighted by molar-refractivity contribution is -0.150. The van der Waals surface area contributed by atoms with Crippen LogP contribution in [0.1, 0.15) is 37.9 Å². The topological polar surface area (TPSA) is 109 Å². The summed E-state index contributed by atoms with van der Waals surface area (Å²) in [5.74, 6) is 0.944. The zero-order valence-corrected chi connectivity index (χ0v) is 21.4. The molecule has 196 valence electrons. The van der Waals surface area contributed by atoms with Gasteiger partial charge < -0.3 is 24.3 Å². The number of hydrogen-bond donors (Lipinski definition) is 1. The highest BCUT2D eigenvalue weighted by Gasteiger charge is 2.12. The minimum absolute atomic E-state index is 0.107. The Hall–Kier alpha value is -3.98. The van der Waals surface area contributed by atoms with Crippen LogP contribution in [0.3, 0.4) is 0 Å². The van der Waals surface area contributed by atoms with Crippen molar-refractivity contribution in [2.45, 2.75) is 33.4 Å². The smallest absolute Gasteiger partial charge is 0.407 e. The van der Waals surface area contributed by atoms with Crippen LogP contribution >= 0.6 is 0 Å². The van der Waals surface area contributed by atoms with E-state index in [2.05, 4.69) is 15.3 Å². The summed E-state index contributed by atoms with van der Waals surface area (Å²) in [6, 6.07) is 16.9. The zero-order chi connectivity index (χ0) is 26.5. The number of carbonyl (C=O) groups is 2. The minimum atomic E-state index is -0.476. The maximum Gasteiger partial charge on any atom is 0.407 e. The second-order valence-electron chi connectivity index (χ2n) is 8.77. The average Bonchev–Trinajstić information content (AvgIpc) is 2.91. The van der Waals surface area contributed by atoms with Gasteiger partial charge in [-0.15, -0.1) is 0 Å². The summed E-state index contributed by atoms with van der Waals surface area (Å²) in [5, 5.41) is 2.83. The van der Waals surface area contributed by atoms with Gasteiger partial charge in [0.05, 0.1) is 31.6 Å². The van der Waals surface area contributed by atoms with Crippen LogP contribution in [-0.4, -0.2) is 48.5 Å². The predicted molar refractivity (Wildman–Crippen MR) is 138 cm³/mol. The summed E-state index contributed by atoms with van der Waals surface area (Å²) >= 11 is 0. The number of amides is 1. The van der Waals surface area contributed by atoms with E-state index < -0.39 is 6.09 Å². The second kappa shape index (κ2) is 14.5. The number of nitrogens with one attached hydrogen (secondary N) is 1. The van der Waals surface area contributed by atoms with E-state index in [9.17, 15) is 9.59 Å². The average molecular weight is 508 g/mol. The third-order valence-electron chi connectivity index (χ3n) is 5.14. The largest absolute Gasteiger partial charge is 0.488 e. The lowest BCUT2D eigenvalue weighted by atomic mass is 10.1. The number of alkyl carbamates (subject to hydrolysis) is 1. The number of rotatable bonds is 13. The first kappa shape index (κ1) is 27.6. The third-order valence-corrected chi connectivity index (χ3v) is 5.14. The zero-order valence-electron chi connectivity index (χ0n) is 21.4. The van der Waals surface area contributed by atoms with Gasteiger partial charge in [0, 0.05) is 5.56 Å². The van der Waals surface area contributed by atoms with E-state index in [1.807, 2.05) is 75.4 Å². The molecule has 0 saturated carbocycles. The molecular formula is C28H33N3O6. The fourth-order valence-electron chi connectivity index (χ4n) is 3.16. The quantitative estimate of drug-likeness (QED) is 0.261. The molecule has 9 nitrogen and oxygen atoms in total. The Balaban J connectivity index is 1.39. The van der Waals surface area contributed by atoms with Crippen molar-refractivity contribution >= 4 is 12.1 Å². The van der Waals surface area contributed by atoms with E-state index in [0.717, 1.165) is 16.7 Å². The predicted octanol–water partition coefficient (Wildman–Crippen LogP) is 4.73. The number of aromatic nitrogens is 2. The summed E-state index contributed by atoms with van der Waals surface area (Å²) < 4.78 is 21.1. The van der Waals surface area contributed by atoms with Gasteiger partial charge in [-0.25, -0.2) is 19.6 Å². The van der Waals surface area contributed by atoms with Crippen LogP contribution in [0, 0.1) is 5.92 Å². The van der Waals surface area contributed by atoms with Crippen LogP contribution in [0.2, 0.25) is 0 Å².